The number of ether oxygens (including phenoxy) is 2. The maximum Gasteiger partial charge on any atom is 0.201 e. The van der Waals surface area contributed by atoms with Gasteiger partial charge >= 0.3 is 0 Å². The van der Waals surface area contributed by atoms with Gasteiger partial charge in [0.05, 0.1) is 30.2 Å². The molecule has 1 aliphatic heterocycles. The van der Waals surface area contributed by atoms with Gasteiger partial charge in [0.15, 0.2) is 11.5 Å². The number of hydrogen-bond donors (Lipinski definition) is 1. The Balaban J connectivity index is 2.09. The number of benzene rings is 2. The molecule has 24 heavy (non-hydrogen) atoms. The van der Waals surface area contributed by atoms with Gasteiger partial charge in [-0.2, -0.15) is 0 Å². The van der Waals surface area contributed by atoms with E-state index in [1.54, 1.807) is 44.6 Å². The topological polar surface area (TPSA) is 64.6 Å². The summed E-state index contributed by atoms with van der Waals surface area (Å²) >= 11 is 0. The van der Waals surface area contributed by atoms with E-state index < -0.39 is 9.84 Å². The Bertz CT molecular complexity index is 873. The zero-order valence-electron chi connectivity index (χ0n) is 13.6. The van der Waals surface area contributed by atoms with Crippen molar-refractivity contribution in [3.63, 3.8) is 0 Å². The molecule has 0 aromatic heterocycles. The molecular formula is C18H19NO4S. The summed E-state index contributed by atoms with van der Waals surface area (Å²) in [5.41, 5.74) is 2.42. The van der Waals surface area contributed by atoms with Gasteiger partial charge in [0, 0.05) is 12.1 Å². The van der Waals surface area contributed by atoms with Crippen molar-refractivity contribution in [1.29, 1.82) is 0 Å². The van der Waals surface area contributed by atoms with Gasteiger partial charge in [0.1, 0.15) is 0 Å². The quantitative estimate of drug-likeness (QED) is 0.923. The standard InChI is InChI=1S/C18H19NO4S/c1-22-17-10-13-8-9-19-16(15(13)11-18(17)23-2)12-24(20,21)14-6-4-3-5-7-14/h3-7,10-12,19H,8-9H2,1-2H3/b16-12-. The second-order valence-electron chi connectivity index (χ2n) is 5.43. The minimum absolute atomic E-state index is 0.270. The Morgan fingerprint density at radius 1 is 1.04 bits per heavy atom. The molecule has 5 nitrogen and oxygen atoms in total. The molecule has 0 saturated heterocycles. The van der Waals surface area contributed by atoms with Gasteiger partial charge < -0.3 is 14.8 Å². The second-order valence-corrected chi connectivity index (χ2v) is 7.23. The molecule has 0 radical (unpaired) electrons. The number of rotatable bonds is 4. The smallest absolute Gasteiger partial charge is 0.201 e. The molecular weight excluding hydrogens is 326 g/mol. The van der Waals surface area contributed by atoms with E-state index in [-0.39, 0.29) is 4.90 Å². The van der Waals surface area contributed by atoms with Gasteiger partial charge in [-0.1, -0.05) is 18.2 Å². The lowest BCUT2D eigenvalue weighted by Gasteiger charge is -2.23. The van der Waals surface area contributed by atoms with Gasteiger partial charge in [-0.3, -0.25) is 0 Å². The molecule has 6 heteroatoms. The van der Waals surface area contributed by atoms with Gasteiger partial charge in [-0.25, -0.2) is 8.42 Å². The highest BCUT2D eigenvalue weighted by Gasteiger charge is 2.21. The van der Waals surface area contributed by atoms with Gasteiger partial charge in [0.25, 0.3) is 0 Å². The summed E-state index contributed by atoms with van der Waals surface area (Å²) < 4.78 is 35.9. The van der Waals surface area contributed by atoms with E-state index >= 15 is 0 Å². The third-order valence-electron chi connectivity index (χ3n) is 3.95. The summed E-state index contributed by atoms with van der Waals surface area (Å²) in [5, 5.41) is 4.46. The first-order valence-corrected chi connectivity index (χ1v) is 9.11. The van der Waals surface area contributed by atoms with Crippen LogP contribution < -0.4 is 14.8 Å². The SMILES string of the molecule is COc1cc2c(cc1OC)/C(=C/S(=O)(=O)c1ccccc1)NCC2. The van der Waals surface area contributed by atoms with Crippen LogP contribution in [0.15, 0.2) is 52.8 Å². The van der Waals surface area contributed by atoms with E-state index in [4.69, 9.17) is 9.47 Å². The minimum atomic E-state index is -3.53. The largest absolute Gasteiger partial charge is 0.493 e. The Morgan fingerprint density at radius 2 is 1.71 bits per heavy atom. The van der Waals surface area contributed by atoms with Crippen molar-refractivity contribution in [3.05, 3.63) is 59.0 Å². The van der Waals surface area contributed by atoms with E-state index in [2.05, 4.69) is 5.32 Å². The third-order valence-corrected chi connectivity index (χ3v) is 5.43. The maximum atomic E-state index is 12.6. The van der Waals surface area contributed by atoms with E-state index in [1.165, 1.54) is 5.41 Å². The van der Waals surface area contributed by atoms with E-state index in [1.807, 2.05) is 12.1 Å². The molecule has 126 valence electrons. The van der Waals surface area contributed by atoms with Crippen molar-refractivity contribution in [2.24, 2.45) is 0 Å². The highest BCUT2D eigenvalue weighted by atomic mass is 32.2. The van der Waals surface area contributed by atoms with Crippen molar-refractivity contribution >= 4 is 15.5 Å². The van der Waals surface area contributed by atoms with Gasteiger partial charge in [-0.05, 0) is 36.2 Å². The van der Waals surface area contributed by atoms with Crippen LogP contribution >= 0.6 is 0 Å². The third kappa shape index (κ3) is 3.10. The van der Waals surface area contributed by atoms with Crippen LogP contribution in [0.4, 0.5) is 0 Å². The fourth-order valence-electron chi connectivity index (χ4n) is 2.74. The van der Waals surface area contributed by atoms with E-state index in [0.717, 1.165) is 17.5 Å². The second kappa shape index (κ2) is 6.57. The van der Waals surface area contributed by atoms with Crippen molar-refractivity contribution in [3.8, 4) is 11.5 Å². The molecule has 3 rings (SSSR count). The monoisotopic (exact) mass is 345 g/mol. The Labute approximate surface area is 141 Å². The Kier molecular flexibility index (Phi) is 4.49. The van der Waals surface area contributed by atoms with Crippen LogP contribution in [0.1, 0.15) is 11.1 Å². The average molecular weight is 345 g/mol. The van der Waals surface area contributed by atoms with Crippen LogP contribution in [0, 0.1) is 0 Å². The Hall–Kier alpha value is -2.47. The molecule has 0 amide bonds. The predicted octanol–water partition coefficient (Wildman–Crippen LogP) is 2.62. The molecule has 1 aliphatic rings. The van der Waals surface area contributed by atoms with Crippen LogP contribution in [-0.4, -0.2) is 29.2 Å². The molecule has 0 fully saturated rings. The number of fused-ring (bicyclic) bond motifs is 1. The number of sulfone groups is 1. The summed E-state index contributed by atoms with van der Waals surface area (Å²) in [7, 11) is -0.389. The normalized spacial score (nSPS) is 15.5. The summed E-state index contributed by atoms with van der Waals surface area (Å²) in [5.74, 6) is 1.21. The number of hydrogen-bond acceptors (Lipinski definition) is 5. The summed E-state index contributed by atoms with van der Waals surface area (Å²) in [6.07, 6.45) is 0.790. The summed E-state index contributed by atoms with van der Waals surface area (Å²) in [6, 6.07) is 12.1. The lowest BCUT2D eigenvalue weighted by Crippen LogP contribution is -2.23. The Morgan fingerprint density at radius 3 is 2.38 bits per heavy atom. The first-order chi connectivity index (χ1) is 11.5. The van der Waals surface area contributed by atoms with Crippen LogP contribution in [-0.2, 0) is 16.3 Å². The highest BCUT2D eigenvalue weighted by molar-refractivity contribution is 7.94. The molecule has 0 atom stereocenters. The fourth-order valence-corrected chi connectivity index (χ4v) is 3.94. The van der Waals surface area contributed by atoms with Crippen molar-refractivity contribution < 1.29 is 17.9 Å². The average Bonchev–Trinajstić information content (AvgIpc) is 2.61. The molecule has 0 bridgehead atoms. The molecule has 2 aromatic rings. The van der Waals surface area contributed by atoms with Crippen LogP contribution in [0.25, 0.3) is 5.70 Å². The predicted molar refractivity (Wildman–Crippen MR) is 92.9 cm³/mol. The summed E-state index contributed by atoms with van der Waals surface area (Å²) in [4.78, 5) is 0.270. The molecule has 0 aliphatic carbocycles. The van der Waals surface area contributed by atoms with Crippen molar-refractivity contribution in [2.45, 2.75) is 11.3 Å². The fraction of sp³-hybridized carbons (Fsp3) is 0.222. The number of methoxy groups -OCH3 is 2. The van der Waals surface area contributed by atoms with Crippen LogP contribution in [0.2, 0.25) is 0 Å². The van der Waals surface area contributed by atoms with Crippen LogP contribution in [0.3, 0.4) is 0 Å². The molecule has 1 N–H and O–H groups in total. The number of nitrogens with one attached hydrogen (secondary N) is 1. The van der Waals surface area contributed by atoms with E-state index in [9.17, 15) is 8.42 Å². The lowest BCUT2D eigenvalue weighted by atomic mass is 9.98. The molecule has 1 heterocycles. The first kappa shape index (κ1) is 16.4. The molecule has 0 unspecified atom stereocenters. The van der Waals surface area contributed by atoms with Crippen molar-refractivity contribution in [2.75, 3.05) is 20.8 Å². The zero-order chi connectivity index (χ0) is 17.2. The van der Waals surface area contributed by atoms with Gasteiger partial charge in [-0.15, -0.1) is 0 Å². The van der Waals surface area contributed by atoms with Crippen LogP contribution in [0.5, 0.6) is 11.5 Å². The first-order valence-electron chi connectivity index (χ1n) is 7.56. The van der Waals surface area contributed by atoms with Gasteiger partial charge in [0.2, 0.25) is 9.84 Å². The molecule has 0 spiro atoms. The maximum absolute atomic E-state index is 12.6. The van der Waals surface area contributed by atoms with E-state index in [0.29, 0.717) is 23.7 Å². The molecule has 0 saturated carbocycles. The zero-order valence-corrected chi connectivity index (χ0v) is 14.4. The summed E-state index contributed by atoms with van der Waals surface area (Å²) in [6.45, 7) is 0.665. The van der Waals surface area contributed by atoms with Crippen molar-refractivity contribution in [1.82, 2.24) is 5.32 Å². The highest BCUT2D eigenvalue weighted by Crippen LogP contribution is 2.35. The lowest BCUT2D eigenvalue weighted by molar-refractivity contribution is 0.354. The molecule has 2 aromatic carbocycles. The minimum Gasteiger partial charge on any atom is -0.493 e.